The number of carbonyl (C=O) groups is 2. The zero-order valence-electron chi connectivity index (χ0n) is 10.5. The molecule has 2 aliphatic rings. The molecule has 3 rings (SSSR count). The van der Waals surface area contributed by atoms with E-state index in [1.807, 2.05) is 0 Å². The Kier molecular flexibility index (Phi) is 2.92. The van der Waals surface area contributed by atoms with Crippen molar-refractivity contribution in [3.8, 4) is 5.75 Å². The Morgan fingerprint density at radius 2 is 2.30 bits per heavy atom. The fourth-order valence-electron chi connectivity index (χ4n) is 2.50. The molecule has 2 aliphatic heterocycles. The van der Waals surface area contributed by atoms with Crippen molar-refractivity contribution < 1.29 is 23.8 Å². The molecule has 1 fully saturated rings. The van der Waals surface area contributed by atoms with Crippen molar-refractivity contribution in [2.75, 3.05) is 26.2 Å². The van der Waals surface area contributed by atoms with Gasteiger partial charge in [-0.2, -0.15) is 4.39 Å². The monoisotopic (exact) mass is 281 g/mol. The molecule has 1 aromatic heterocycles. The maximum Gasteiger partial charge on any atom is 0.407 e. The molecule has 1 N–H and O–H groups in total. The van der Waals surface area contributed by atoms with Gasteiger partial charge in [0.25, 0.3) is 5.91 Å². The van der Waals surface area contributed by atoms with E-state index in [1.54, 1.807) is 0 Å². The molecule has 2 amide bonds. The maximum atomic E-state index is 13.7. The van der Waals surface area contributed by atoms with E-state index >= 15 is 0 Å². The number of pyridine rings is 1. The minimum Gasteiger partial charge on any atom is -0.490 e. The number of fused-ring (bicyclic) bond motifs is 2. The Morgan fingerprint density at radius 1 is 1.50 bits per heavy atom. The van der Waals surface area contributed by atoms with Crippen LogP contribution in [-0.4, -0.2) is 64.2 Å². The minimum atomic E-state index is -1.04. The highest BCUT2D eigenvalue weighted by Crippen LogP contribution is 2.27. The van der Waals surface area contributed by atoms with E-state index in [9.17, 15) is 14.0 Å². The molecule has 0 radical (unpaired) electrons. The molecule has 20 heavy (non-hydrogen) atoms. The van der Waals surface area contributed by atoms with Crippen LogP contribution in [0.15, 0.2) is 12.3 Å². The second-order valence-corrected chi connectivity index (χ2v) is 4.67. The third kappa shape index (κ3) is 1.93. The van der Waals surface area contributed by atoms with Crippen molar-refractivity contribution in [3.63, 3.8) is 0 Å². The highest BCUT2D eigenvalue weighted by Gasteiger charge is 2.38. The van der Waals surface area contributed by atoms with Gasteiger partial charge >= 0.3 is 6.09 Å². The van der Waals surface area contributed by atoms with Crippen LogP contribution in [0.3, 0.4) is 0 Å². The van der Waals surface area contributed by atoms with Crippen LogP contribution in [-0.2, 0) is 0 Å². The molecule has 1 atom stereocenters. The topological polar surface area (TPSA) is 83.0 Å². The number of carboxylic acid groups (broad SMARTS) is 1. The first-order chi connectivity index (χ1) is 9.58. The number of rotatable bonds is 0. The molecule has 0 aromatic carbocycles. The van der Waals surface area contributed by atoms with Crippen LogP contribution < -0.4 is 4.74 Å². The Balaban J connectivity index is 1.92. The van der Waals surface area contributed by atoms with Crippen LogP contribution >= 0.6 is 0 Å². The Morgan fingerprint density at radius 3 is 3.05 bits per heavy atom. The van der Waals surface area contributed by atoms with E-state index in [1.165, 1.54) is 22.1 Å². The van der Waals surface area contributed by atoms with E-state index < -0.39 is 24.0 Å². The van der Waals surface area contributed by atoms with Crippen molar-refractivity contribution >= 4 is 12.0 Å². The first-order valence-corrected chi connectivity index (χ1v) is 6.14. The van der Waals surface area contributed by atoms with Crippen molar-refractivity contribution in [1.29, 1.82) is 0 Å². The van der Waals surface area contributed by atoms with Crippen LogP contribution in [0.25, 0.3) is 0 Å². The highest BCUT2D eigenvalue weighted by molar-refractivity contribution is 5.97. The fraction of sp³-hybridized carbons (Fsp3) is 0.417. The van der Waals surface area contributed by atoms with Gasteiger partial charge in [-0.15, -0.1) is 0 Å². The predicted molar refractivity (Wildman–Crippen MR) is 64.1 cm³/mol. The van der Waals surface area contributed by atoms with E-state index in [4.69, 9.17) is 9.84 Å². The maximum absolute atomic E-state index is 13.7. The standard InChI is InChI=1S/C12H12FN3O4/c13-10-9-8(1-2-14-10)20-6-7-5-15(12(18)19)3-4-16(7)11(9)17/h1-2,7H,3-6H2,(H,18,19). The molecule has 8 heteroatoms. The van der Waals surface area contributed by atoms with Crippen LogP contribution in [0.5, 0.6) is 5.75 Å². The SMILES string of the molecule is O=C(O)N1CCN2C(=O)c3c(ccnc3F)OCC2C1. The fourth-order valence-corrected chi connectivity index (χ4v) is 2.50. The molecule has 0 bridgehead atoms. The summed E-state index contributed by atoms with van der Waals surface area (Å²) in [5.41, 5.74) is -0.182. The molecule has 1 aromatic rings. The van der Waals surface area contributed by atoms with Gasteiger partial charge in [-0.05, 0) is 6.07 Å². The first kappa shape index (κ1) is 12.6. The summed E-state index contributed by atoms with van der Waals surface area (Å²) in [5, 5.41) is 8.99. The molecule has 7 nitrogen and oxygen atoms in total. The van der Waals surface area contributed by atoms with Gasteiger partial charge < -0.3 is 19.6 Å². The molecule has 0 spiro atoms. The molecule has 106 valence electrons. The summed E-state index contributed by atoms with van der Waals surface area (Å²) in [4.78, 5) is 29.5. The van der Waals surface area contributed by atoms with E-state index in [0.29, 0.717) is 0 Å². The van der Waals surface area contributed by atoms with Crippen molar-refractivity contribution in [3.05, 3.63) is 23.8 Å². The second kappa shape index (κ2) is 4.62. The van der Waals surface area contributed by atoms with Crippen LogP contribution in [0, 0.1) is 5.95 Å². The zero-order chi connectivity index (χ0) is 14.3. The summed E-state index contributed by atoms with van der Waals surface area (Å²) in [6, 6.07) is 1.02. The van der Waals surface area contributed by atoms with Gasteiger partial charge in [0, 0.05) is 25.8 Å². The predicted octanol–water partition coefficient (Wildman–Crippen LogP) is 0.418. The number of amides is 2. The largest absolute Gasteiger partial charge is 0.490 e. The van der Waals surface area contributed by atoms with Crippen molar-refractivity contribution in [2.24, 2.45) is 0 Å². The first-order valence-electron chi connectivity index (χ1n) is 6.14. The van der Waals surface area contributed by atoms with Crippen LogP contribution in [0.1, 0.15) is 10.4 Å². The number of aromatic nitrogens is 1. The lowest BCUT2D eigenvalue weighted by Gasteiger charge is -2.38. The lowest BCUT2D eigenvalue weighted by atomic mass is 10.1. The minimum absolute atomic E-state index is 0.131. The molecule has 1 unspecified atom stereocenters. The summed E-state index contributed by atoms with van der Waals surface area (Å²) in [6.45, 7) is 0.706. The highest BCUT2D eigenvalue weighted by atomic mass is 19.1. The Bertz CT molecular complexity index is 580. The van der Waals surface area contributed by atoms with Gasteiger partial charge in [0.05, 0.1) is 6.04 Å². The third-order valence-electron chi connectivity index (χ3n) is 3.53. The molecule has 0 aliphatic carbocycles. The number of halogens is 1. The van der Waals surface area contributed by atoms with Gasteiger partial charge in [-0.1, -0.05) is 0 Å². The summed E-state index contributed by atoms with van der Waals surface area (Å²) >= 11 is 0. The number of hydrogen-bond donors (Lipinski definition) is 1. The quantitative estimate of drug-likeness (QED) is 0.697. The van der Waals surface area contributed by atoms with Gasteiger partial charge in [0.2, 0.25) is 5.95 Å². The average molecular weight is 281 g/mol. The lowest BCUT2D eigenvalue weighted by Crippen LogP contribution is -2.57. The van der Waals surface area contributed by atoms with Gasteiger partial charge in [0.1, 0.15) is 17.9 Å². The third-order valence-corrected chi connectivity index (χ3v) is 3.53. The normalized spacial score (nSPS) is 21.6. The molecular formula is C12H12FN3O4. The van der Waals surface area contributed by atoms with Crippen LogP contribution in [0.4, 0.5) is 9.18 Å². The second-order valence-electron chi connectivity index (χ2n) is 4.67. The Hall–Kier alpha value is -2.38. The smallest absolute Gasteiger partial charge is 0.407 e. The zero-order valence-corrected chi connectivity index (χ0v) is 10.5. The molecule has 3 heterocycles. The summed E-state index contributed by atoms with van der Waals surface area (Å²) in [5.74, 6) is -1.22. The summed E-state index contributed by atoms with van der Waals surface area (Å²) in [6.07, 6.45) is 0.196. The average Bonchev–Trinajstić information content (AvgIpc) is 2.57. The number of nitrogens with zero attached hydrogens (tertiary/aromatic N) is 3. The van der Waals surface area contributed by atoms with Gasteiger partial charge in [0.15, 0.2) is 0 Å². The van der Waals surface area contributed by atoms with Crippen molar-refractivity contribution in [1.82, 2.24) is 14.8 Å². The van der Waals surface area contributed by atoms with E-state index in [0.717, 1.165) is 0 Å². The van der Waals surface area contributed by atoms with Crippen LogP contribution in [0.2, 0.25) is 0 Å². The molecule has 0 saturated carbocycles. The molecule has 1 saturated heterocycles. The number of carbonyl (C=O) groups excluding carboxylic acids is 1. The Labute approximate surface area is 113 Å². The number of ether oxygens (including phenoxy) is 1. The number of hydrogen-bond acceptors (Lipinski definition) is 4. The van der Waals surface area contributed by atoms with E-state index in [-0.39, 0.29) is 37.6 Å². The van der Waals surface area contributed by atoms with E-state index in [2.05, 4.69) is 4.98 Å². The molecular weight excluding hydrogens is 269 g/mol. The van der Waals surface area contributed by atoms with Crippen molar-refractivity contribution in [2.45, 2.75) is 6.04 Å². The summed E-state index contributed by atoms with van der Waals surface area (Å²) < 4.78 is 19.2. The summed E-state index contributed by atoms with van der Waals surface area (Å²) in [7, 11) is 0. The van der Waals surface area contributed by atoms with Gasteiger partial charge in [-0.3, -0.25) is 4.79 Å². The number of piperazine rings is 1. The lowest BCUT2D eigenvalue weighted by molar-refractivity contribution is 0.0387. The van der Waals surface area contributed by atoms with Gasteiger partial charge in [-0.25, -0.2) is 9.78 Å².